The van der Waals surface area contributed by atoms with Gasteiger partial charge in [0, 0.05) is 17.4 Å². The van der Waals surface area contributed by atoms with Crippen molar-refractivity contribution in [2.75, 3.05) is 0 Å². The van der Waals surface area contributed by atoms with Crippen LogP contribution < -0.4 is 5.14 Å². The topological polar surface area (TPSA) is 107 Å². The van der Waals surface area contributed by atoms with Crippen molar-refractivity contribution < 1.29 is 23.1 Å². The molecule has 2 aromatic carbocycles. The maximum atomic E-state index is 13.3. The van der Waals surface area contributed by atoms with E-state index in [1.807, 2.05) is 24.3 Å². The highest BCUT2D eigenvalue weighted by Gasteiger charge is 2.54. The van der Waals surface area contributed by atoms with Gasteiger partial charge in [-0.15, -0.1) is 0 Å². The minimum atomic E-state index is -3.91. The molecule has 1 fully saturated rings. The average molecular weight is 484 g/mol. The Bertz CT molecular complexity index is 1220. The number of benzene rings is 2. The Labute approximate surface area is 201 Å². The summed E-state index contributed by atoms with van der Waals surface area (Å²) >= 11 is 0. The largest absolute Gasteiger partial charge is 0.512 e. The first kappa shape index (κ1) is 24.5. The van der Waals surface area contributed by atoms with Crippen molar-refractivity contribution in [3.63, 3.8) is 0 Å². The van der Waals surface area contributed by atoms with E-state index in [9.17, 15) is 18.3 Å². The standard InChI is InChI=1S/C27H33NO5S/c1-3-13-27(14-4-2)18-22(29)24(25(30)33-27)26(15-16-26)17-19-9-5-6-10-20(19)21-11-7-8-12-23(21)34(28,31)32/h5-12,29H,3-4,13-18H2,1-2H3,(H2,28,31,32). The van der Waals surface area contributed by atoms with Crippen LogP contribution in [0.15, 0.2) is 64.8 Å². The second-order valence-electron chi connectivity index (χ2n) is 9.73. The van der Waals surface area contributed by atoms with E-state index in [2.05, 4.69) is 13.8 Å². The molecule has 1 aliphatic carbocycles. The maximum Gasteiger partial charge on any atom is 0.338 e. The molecule has 182 valence electrons. The van der Waals surface area contributed by atoms with Crippen molar-refractivity contribution in [3.05, 3.63) is 65.4 Å². The van der Waals surface area contributed by atoms with Gasteiger partial charge in [0.1, 0.15) is 11.4 Å². The maximum absolute atomic E-state index is 13.3. The molecule has 0 atom stereocenters. The van der Waals surface area contributed by atoms with Gasteiger partial charge in [0.2, 0.25) is 10.0 Å². The van der Waals surface area contributed by atoms with Crippen LogP contribution in [0.2, 0.25) is 0 Å². The molecule has 0 unspecified atom stereocenters. The quantitative estimate of drug-likeness (QED) is 0.463. The molecular formula is C27H33NO5S. The predicted octanol–water partition coefficient (Wildman–Crippen LogP) is 5.42. The van der Waals surface area contributed by atoms with Crippen LogP contribution in [0.3, 0.4) is 0 Å². The molecule has 1 heterocycles. The summed E-state index contributed by atoms with van der Waals surface area (Å²) < 4.78 is 30.5. The number of ether oxygens (including phenoxy) is 1. The van der Waals surface area contributed by atoms with E-state index in [0.29, 0.717) is 24.0 Å². The summed E-state index contributed by atoms with van der Waals surface area (Å²) in [4.78, 5) is 13.3. The monoisotopic (exact) mass is 483 g/mol. The van der Waals surface area contributed by atoms with E-state index < -0.39 is 27.0 Å². The lowest BCUT2D eigenvalue weighted by molar-refractivity contribution is -0.162. The van der Waals surface area contributed by atoms with Gasteiger partial charge in [0.05, 0.1) is 10.5 Å². The van der Waals surface area contributed by atoms with Crippen LogP contribution in [-0.4, -0.2) is 25.1 Å². The molecule has 1 saturated carbocycles. The van der Waals surface area contributed by atoms with Crippen molar-refractivity contribution in [3.8, 4) is 11.1 Å². The van der Waals surface area contributed by atoms with Gasteiger partial charge in [0.25, 0.3) is 0 Å². The number of hydrogen-bond donors (Lipinski definition) is 2. The smallest absolute Gasteiger partial charge is 0.338 e. The summed E-state index contributed by atoms with van der Waals surface area (Å²) in [5.41, 5.74) is 1.46. The number of aliphatic hydroxyl groups excluding tert-OH is 1. The van der Waals surface area contributed by atoms with E-state index in [-0.39, 0.29) is 10.7 Å². The molecule has 0 radical (unpaired) electrons. The number of hydrogen-bond acceptors (Lipinski definition) is 5. The Balaban J connectivity index is 1.72. The van der Waals surface area contributed by atoms with Crippen molar-refractivity contribution >= 4 is 16.0 Å². The molecule has 0 spiro atoms. The van der Waals surface area contributed by atoms with Crippen molar-refractivity contribution in [2.24, 2.45) is 10.6 Å². The number of nitrogens with two attached hydrogens (primary N) is 1. The summed E-state index contributed by atoms with van der Waals surface area (Å²) in [5, 5.41) is 16.6. The molecule has 0 aromatic heterocycles. The molecule has 0 bridgehead atoms. The number of primary sulfonamides is 1. The number of aliphatic hydroxyl groups is 1. The summed E-state index contributed by atoms with van der Waals surface area (Å²) in [7, 11) is -3.91. The highest BCUT2D eigenvalue weighted by molar-refractivity contribution is 7.89. The molecule has 6 nitrogen and oxygen atoms in total. The average Bonchev–Trinajstić information content (AvgIpc) is 3.53. The Hall–Kier alpha value is -2.64. The zero-order valence-corrected chi connectivity index (χ0v) is 20.7. The zero-order chi connectivity index (χ0) is 24.6. The second kappa shape index (κ2) is 9.19. The first-order chi connectivity index (χ1) is 16.1. The first-order valence-electron chi connectivity index (χ1n) is 12.0. The van der Waals surface area contributed by atoms with Gasteiger partial charge in [-0.3, -0.25) is 0 Å². The van der Waals surface area contributed by atoms with E-state index in [4.69, 9.17) is 9.88 Å². The summed E-state index contributed by atoms with van der Waals surface area (Å²) in [6, 6.07) is 14.2. The van der Waals surface area contributed by atoms with Crippen LogP contribution in [0.1, 0.15) is 64.4 Å². The molecule has 4 rings (SSSR count). The lowest BCUT2D eigenvalue weighted by atomic mass is 9.79. The first-order valence-corrected chi connectivity index (χ1v) is 13.6. The lowest BCUT2D eigenvalue weighted by Crippen LogP contribution is -2.42. The summed E-state index contributed by atoms with van der Waals surface area (Å²) in [5.74, 6) is -0.261. The van der Waals surface area contributed by atoms with Crippen molar-refractivity contribution in [2.45, 2.75) is 75.7 Å². The van der Waals surface area contributed by atoms with Crippen LogP contribution in [0.5, 0.6) is 0 Å². The molecule has 0 amide bonds. The number of rotatable bonds is 9. The fraction of sp³-hybridized carbons (Fsp3) is 0.444. The minimum absolute atomic E-state index is 0.0651. The van der Waals surface area contributed by atoms with Crippen LogP contribution >= 0.6 is 0 Å². The molecule has 1 aliphatic heterocycles. The highest BCUT2D eigenvalue weighted by atomic mass is 32.2. The van der Waals surface area contributed by atoms with Crippen LogP contribution in [0, 0.1) is 5.41 Å². The minimum Gasteiger partial charge on any atom is -0.512 e. The van der Waals surface area contributed by atoms with Gasteiger partial charge in [0.15, 0.2) is 0 Å². The van der Waals surface area contributed by atoms with E-state index in [1.165, 1.54) is 6.07 Å². The third-order valence-electron chi connectivity index (χ3n) is 7.12. The van der Waals surface area contributed by atoms with Crippen molar-refractivity contribution in [1.29, 1.82) is 0 Å². The Morgan fingerprint density at radius 2 is 1.56 bits per heavy atom. The number of carbonyl (C=O) groups excluding carboxylic acids is 1. The van der Waals surface area contributed by atoms with Gasteiger partial charge < -0.3 is 9.84 Å². The fourth-order valence-electron chi connectivity index (χ4n) is 5.54. The van der Waals surface area contributed by atoms with Crippen LogP contribution in [0.4, 0.5) is 0 Å². The number of cyclic esters (lactones) is 1. The van der Waals surface area contributed by atoms with Crippen molar-refractivity contribution in [1.82, 2.24) is 0 Å². The zero-order valence-electron chi connectivity index (χ0n) is 19.8. The van der Waals surface area contributed by atoms with E-state index in [1.54, 1.807) is 18.2 Å². The molecule has 2 aromatic rings. The Morgan fingerprint density at radius 1 is 0.971 bits per heavy atom. The molecule has 7 heteroatoms. The lowest BCUT2D eigenvalue weighted by Gasteiger charge is -2.38. The number of carbonyl (C=O) groups is 1. The molecule has 0 saturated heterocycles. The summed E-state index contributed by atoms with van der Waals surface area (Å²) in [6.45, 7) is 4.11. The van der Waals surface area contributed by atoms with E-state index >= 15 is 0 Å². The van der Waals surface area contributed by atoms with E-state index in [0.717, 1.165) is 49.7 Å². The highest BCUT2D eigenvalue weighted by Crippen LogP contribution is 2.58. The van der Waals surface area contributed by atoms with Gasteiger partial charge in [-0.05, 0) is 49.3 Å². The normalized spacial score (nSPS) is 19.1. The number of esters is 1. The second-order valence-corrected chi connectivity index (χ2v) is 11.3. The predicted molar refractivity (Wildman–Crippen MR) is 132 cm³/mol. The van der Waals surface area contributed by atoms with Gasteiger partial charge in [-0.1, -0.05) is 69.2 Å². The Morgan fingerprint density at radius 3 is 2.12 bits per heavy atom. The molecule has 34 heavy (non-hydrogen) atoms. The molecule has 3 N–H and O–H groups in total. The van der Waals surface area contributed by atoms with Gasteiger partial charge >= 0.3 is 5.97 Å². The fourth-order valence-corrected chi connectivity index (χ4v) is 6.29. The van der Waals surface area contributed by atoms with Gasteiger partial charge in [-0.2, -0.15) is 0 Å². The van der Waals surface area contributed by atoms with Crippen LogP contribution in [0.25, 0.3) is 11.1 Å². The van der Waals surface area contributed by atoms with Gasteiger partial charge in [-0.25, -0.2) is 18.4 Å². The number of sulfonamides is 1. The molecular weight excluding hydrogens is 450 g/mol. The molecule has 2 aliphatic rings. The third kappa shape index (κ3) is 4.64. The van der Waals surface area contributed by atoms with Crippen LogP contribution in [-0.2, 0) is 26.0 Å². The Kier molecular flexibility index (Phi) is 6.62. The SMILES string of the molecule is CCCC1(CCC)CC(O)=C(C2(Cc3ccccc3-c3ccccc3S(N)(=O)=O)CC2)C(=O)O1. The third-order valence-corrected chi connectivity index (χ3v) is 8.09. The summed E-state index contributed by atoms with van der Waals surface area (Å²) in [6.07, 6.45) is 5.59.